The number of imide groups is 1. The zero-order chi connectivity index (χ0) is 23.6. The number of piperidine rings is 1. The number of halogens is 2. The van der Waals surface area contributed by atoms with E-state index in [0.29, 0.717) is 33.2 Å². The summed E-state index contributed by atoms with van der Waals surface area (Å²) in [6.45, 7) is 3.72. The molecule has 1 unspecified atom stereocenters. The Balaban J connectivity index is 1.72. The van der Waals surface area contributed by atoms with E-state index < -0.39 is 23.1 Å². The molecule has 1 fully saturated rings. The van der Waals surface area contributed by atoms with Crippen molar-refractivity contribution in [2.75, 3.05) is 0 Å². The Morgan fingerprint density at radius 2 is 1.72 bits per heavy atom. The normalized spacial score (nSPS) is 16.4. The Labute approximate surface area is 195 Å². The topological polar surface area (TPSA) is 118 Å². The van der Waals surface area contributed by atoms with Crippen LogP contribution in [-0.4, -0.2) is 23.6 Å². The van der Waals surface area contributed by atoms with Crippen molar-refractivity contribution in [1.82, 2.24) is 10.6 Å². The first-order valence-corrected chi connectivity index (χ1v) is 10.8. The van der Waals surface area contributed by atoms with E-state index in [1.54, 1.807) is 50.2 Å². The molecule has 2 aromatic carbocycles. The second kappa shape index (κ2) is 9.30. The van der Waals surface area contributed by atoms with Crippen LogP contribution in [0.2, 0.25) is 10.0 Å². The molecule has 0 bridgehead atoms. The van der Waals surface area contributed by atoms with Gasteiger partial charge < -0.3 is 11.1 Å². The number of nitrogens with two attached hydrogens (primary N) is 1. The molecule has 0 spiro atoms. The van der Waals surface area contributed by atoms with Crippen molar-refractivity contribution in [2.45, 2.75) is 44.6 Å². The third-order valence-electron chi connectivity index (χ3n) is 5.64. The van der Waals surface area contributed by atoms with Crippen LogP contribution < -0.4 is 16.4 Å². The van der Waals surface area contributed by atoms with Crippen molar-refractivity contribution >= 4 is 46.8 Å². The van der Waals surface area contributed by atoms with E-state index >= 15 is 0 Å². The monoisotopic (exact) mass is 475 g/mol. The van der Waals surface area contributed by atoms with Gasteiger partial charge in [-0.1, -0.05) is 35.3 Å². The summed E-state index contributed by atoms with van der Waals surface area (Å²) in [7, 11) is 0. The smallest absolute Gasteiger partial charge is 0.248 e. The van der Waals surface area contributed by atoms with Crippen molar-refractivity contribution in [3.05, 3.63) is 68.7 Å². The summed E-state index contributed by atoms with van der Waals surface area (Å²) in [4.78, 5) is 47.7. The Kier molecular flexibility index (Phi) is 6.91. The molecule has 2 aromatic rings. The maximum absolute atomic E-state index is 12.9. The second-order valence-electron chi connectivity index (χ2n) is 8.23. The summed E-state index contributed by atoms with van der Waals surface area (Å²) in [5, 5.41) is 5.78. The van der Waals surface area contributed by atoms with Gasteiger partial charge >= 0.3 is 0 Å². The minimum atomic E-state index is -0.865. The molecule has 1 aliphatic rings. The molecule has 0 radical (unpaired) electrons. The predicted molar refractivity (Wildman–Crippen MR) is 121 cm³/mol. The third kappa shape index (κ3) is 4.95. The number of hydrogen-bond donors (Lipinski definition) is 3. The minimum Gasteiger partial charge on any atom is -0.366 e. The first-order chi connectivity index (χ1) is 15.0. The Morgan fingerprint density at radius 1 is 1.12 bits per heavy atom. The zero-order valence-corrected chi connectivity index (χ0v) is 19.1. The van der Waals surface area contributed by atoms with Gasteiger partial charge in [-0.3, -0.25) is 24.5 Å². The molecular formula is C23H23Cl2N3O4. The zero-order valence-electron chi connectivity index (χ0n) is 17.6. The van der Waals surface area contributed by atoms with Crippen LogP contribution in [0, 0.1) is 0 Å². The molecule has 0 aliphatic carbocycles. The summed E-state index contributed by atoms with van der Waals surface area (Å²) in [6, 6.07) is 9.87. The first-order valence-electron chi connectivity index (χ1n) is 10.0. The van der Waals surface area contributed by atoms with Gasteiger partial charge in [0, 0.05) is 34.1 Å². The highest BCUT2D eigenvalue weighted by atomic mass is 35.5. The maximum atomic E-state index is 12.9. The number of carbonyl (C=O) groups is 4. The van der Waals surface area contributed by atoms with E-state index in [1.807, 2.05) is 0 Å². The van der Waals surface area contributed by atoms with Crippen LogP contribution in [0.15, 0.2) is 36.4 Å². The molecule has 7 nitrogen and oxygen atoms in total. The lowest BCUT2D eigenvalue weighted by Crippen LogP contribution is -2.40. The SMILES string of the molecule is CC(C)(C(=O)NCc1cc(Cl)c(C2CCC(=O)NC2=O)c(Cl)c1)c1ccc(C(N)=O)cc1. The second-order valence-corrected chi connectivity index (χ2v) is 9.04. The van der Waals surface area contributed by atoms with Crippen LogP contribution in [0.25, 0.3) is 0 Å². The molecule has 0 saturated carbocycles. The molecular weight excluding hydrogens is 453 g/mol. The Hall–Kier alpha value is -2.90. The molecule has 168 valence electrons. The number of nitrogens with one attached hydrogen (secondary N) is 2. The Bertz CT molecular complexity index is 1070. The average molecular weight is 476 g/mol. The fourth-order valence-electron chi connectivity index (χ4n) is 3.63. The number of carbonyl (C=O) groups excluding carboxylic acids is 4. The highest BCUT2D eigenvalue weighted by Gasteiger charge is 2.32. The van der Waals surface area contributed by atoms with E-state index in [0.717, 1.165) is 5.56 Å². The molecule has 1 saturated heterocycles. The highest BCUT2D eigenvalue weighted by Crippen LogP contribution is 2.37. The fraction of sp³-hybridized carbons (Fsp3) is 0.304. The minimum absolute atomic E-state index is 0.177. The maximum Gasteiger partial charge on any atom is 0.248 e. The number of primary amides is 1. The van der Waals surface area contributed by atoms with Crippen LogP contribution in [0.5, 0.6) is 0 Å². The average Bonchev–Trinajstić information content (AvgIpc) is 2.73. The summed E-state index contributed by atoms with van der Waals surface area (Å²) < 4.78 is 0. The molecule has 1 heterocycles. The third-order valence-corrected chi connectivity index (χ3v) is 6.26. The molecule has 1 atom stereocenters. The van der Waals surface area contributed by atoms with Crippen molar-refractivity contribution in [3.8, 4) is 0 Å². The van der Waals surface area contributed by atoms with Crippen LogP contribution >= 0.6 is 23.2 Å². The van der Waals surface area contributed by atoms with E-state index in [1.165, 1.54) is 0 Å². The van der Waals surface area contributed by atoms with Crippen molar-refractivity contribution in [2.24, 2.45) is 5.73 Å². The van der Waals surface area contributed by atoms with Crippen molar-refractivity contribution in [3.63, 3.8) is 0 Å². The quantitative estimate of drug-likeness (QED) is 0.555. The Morgan fingerprint density at radius 3 is 2.25 bits per heavy atom. The fourth-order valence-corrected chi connectivity index (χ4v) is 4.42. The number of hydrogen-bond acceptors (Lipinski definition) is 4. The number of rotatable bonds is 6. The largest absolute Gasteiger partial charge is 0.366 e. The van der Waals surface area contributed by atoms with Crippen LogP contribution in [-0.2, 0) is 26.3 Å². The molecule has 3 rings (SSSR count). The number of amides is 4. The van der Waals surface area contributed by atoms with Crippen LogP contribution in [0.4, 0.5) is 0 Å². The van der Waals surface area contributed by atoms with Gasteiger partial charge in [0.15, 0.2) is 0 Å². The molecule has 4 amide bonds. The molecule has 0 aromatic heterocycles. The first kappa shape index (κ1) is 23.8. The van der Waals surface area contributed by atoms with Crippen LogP contribution in [0.3, 0.4) is 0 Å². The summed E-state index contributed by atoms with van der Waals surface area (Å²) in [5.74, 6) is -2.10. The molecule has 32 heavy (non-hydrogen) atoms. The van der Waals surface area contributed by atoms with E-state index in [9.17, 15) is 19.2 Å². The van der Waals surface area contributed by atoms with Crippen molar-refractivity contribution in [1.29, 1.82) is 0 Å². The van der Waals surface area contributed by atoms with Gasteiger partial charge in [0.05, 0.1) is 11.3 Å². The molecule has 1 aliphatic heterocycles. The van der Waals surface area contributed by atoms with Crippen molar-refractivity contribution < 1.29 is 19.2 Å². The standard InChI is InChI=1S/C23H23Cl2N3O4/c1-23(2,14-5-3-13(4-6-14)20(26)30)22(32)27-11-12-9-16(24)19(17(25)10-12)15-7-8-18(29)28-21(15)31/h3-6,9-10,15H,7-8,11H2,1-2H3,(H2,26,30)(H,27,32)(H,28,29,31). The summed E-state index contributed by atoms with van der Waals surface area (Å²) in [5.41, 5.74) is 6.64. The van der Waals surface area contributed by atoms with Gasteiger partial charge in [-0.05, 0) is 55.7 Å². The molecule has 9 heteroatoms. The summed E-state index contributed by atoms with van der Waals surface area (Å²) >= 11 is 12.8. The van der Waals surface area contributed by atoms with Crippen LogP contribution in [0.1, 0.15) is 59.7 Å². The summed E-state index contributed by atoms with van der Waals surface area (Å²) in [6.07, 6.45) is 0.555. The van der Waals surface area contributed by atoms with Gasteiger partial charge in [0.25, 0.3) is 0 Å². The van der Waals surface area contributed by atoms with Gasteiger partial charge in [-0.2, -0.15) is 0 Å². The van der Waals surface area contributed by atoms with E-state index in [-0.39, 0.29) is 24.8 Å². The van der Waals surface area contributed by atoms with E-state index in [4.69, 9.17) is 28.9 Å². The van der Waals surface area contributed by atoms with Gasteiger partial charge in [0.2, 0.25) is 23.6 Å². The van der Waals surface area contributed by atoms with Gasteiger partial charge in [-0.25, -0.2) is 0 Å². The van der Waals surface area contributed by atoms with Gasteiger partial charge in [-0.15, -0.1) is 0 Å². The van der Waals surface area contributed by atoms with E-state index in [2.05, 4.69) is 10.6 Å². The lowest BCUT2D eigenvalue weighted by Gasteiger charge is -2.25. The molecule has 4 N–H and O–H groups in total. The highest BCUT2D eigenvalue weighted by molar-refractivity contribution is 6.36. The predicted octanol–water partition coefficient (Wildman–Crippen LogP) is 3.21. The van der Waals surface area contributed by atoms with Gasteiger partial charge in [0.1, 0.15) is 0 Å². The lowest BCUT2D eigenvalue weighted by molar-refractivity contribution is -0.134. The number of benzene rings is 2. The lowest BCUT2D eigenvalue weighted by atomic mass is 9.83.